The Morgan fingerprint density at radius 3 is 2.10 bits per heavy atom. The van der Waals surface area contributed by atoms with Gasteiger partial charge in [-0.2, -0.15) is 4.72 Å². The van der Waals surface area contributed by atoms with Crippen LogP contribution in [0, 0.1) is 0 Å². The second kappa shape index (κ2) is 10.0. The summed E-state index contributed by atoms with van der Waals surface area (Å²) in [7, 11) is -3.91. The van der Waals surface area contributed by atoms with Gasteiger partial charge < -0.3 is 10.1 Å². The van der Waals surface area contributed by atoms with E-state index in [0.717, 1.165) is 5.56 Å². The number of amides is 1. The molecule has 0 radical (unpaired) electrons. The van der Waals surface area contributed by atoms with E-state index in [1.54, 1.807) is 36.4 Å². The number of carbonyl (C=O) groups excluding carboxylic acids is 1. The normalized spacial score (nSPS) is 12.2. The number of ether oxygens (including phenoxy) is 1. The lowest BCUT2D eigenvalue weighted by atomic mass is 10.1. The van der Waals surface area contributed by atoms with Crippen molar-refractivity contribution in [2.75, 3.05) is 11.9 Å². The minimum atomic E-state index is -3.91. The van der Waals surface area contributed by atoms with Crippen molar-refractivity contribution in [1.82, 2.24) is 4.72 Å². The molecule has 0 aliphatic rings. The smallest absolute Gasteiger partial charge is 0.242 e. The summed E-state index contributed by atoms with van der Waals surface area (Å²) in [5.74, 6) is 0.152. The summed E-state index contributed by atoms with van der Waals surface area (Å²) in [6, 6.07) is 23.3. The molecule has 0 heterocycles. The highest BCUT2D eigenvalue weighted by Crippen LogP contribution is 2.17. The second-order valence-corrected chi connectivity index (χ2v) is 8.34. The van der Waals surface area contributed by atoms with Crippen LogP contribution in [-0.2, 0) is 21.2 Å². The summed E-state index contributed by atoms with van der Waals surface area (Å²) >= 11 is 0. The minimum Gasteiger partial charge on any atom is -0.494 e. The summed E-state index contributed by atoms with van der Waals surface area (Å²) in [6.45, 7) is 2.34. The highest BCUT2D eigenvalue weighted by Gasteiger charge is 2.26. The first-order valence-corrected chi connectivity index (χ1v) is 11.1. The summed E-state index contributed by atoms with van der Waals surface area (Å²) in [6.07, 6.45) is 0.218. The number of hydrogen-bond donors (Lipinski definition) is 2. The first-order chi connectivity index (χ1) is 14.5. The lowest BCUT2D eigenvalue weighted by Crippen LogP contribution is -2.45. The van der Waals surface area contributed by atoms with Crippen LogP contribution in [0.2, 0.25) is 0 Å². The molecule has 6 nitrogen and oxygen atoms in total. The molecule has 1 amide bonds. The Hall–Kier alpha value is -3.16. The van der Waals surface area contributed by atoms with Crippen LogP contribution in [0.15, 0.2) is 89.8 Å². The Balaban J connectivity index is 1.82. The number of rotatable bonds is 9. The molecule has 0 aromatic heterocycles. The summed E-state index contributed by atoms with van der Waals surface area (Å²) in [5, 5.41) is 2.78. The standard InChI is InChI=1S/C23H24N2O4S/c1-2-29-20-13-15-21(16-14-20)30(27,28)25-22(17-18-9-5-3-6-10-18)23(26)24-19-11-7-4-8-12-19/h3-16,22,25H,2,17H2,1H3,(H,24,26). The van der Waals surface area contributed by atoms with Gasteiger partial charge >= 0.3 is 0 Å². The third kappa shape index (κ3) is 5.92. The molecule has 3 aromatic rings. The summed E-state index contributed by atoms with van der Waals surface area (Å²) in [5.41, 5.74) is 1.45. The van der Waals surface area contributed by atoms with Crippen molar-refractivity contribution < 1.29 is 17.9 Å². The number of nitrogens with one attached hydrogen (secondary N) is 2. The molecule has 0 spiro atoms. The highest BCUT2D eigenvalue weighted by atomic mass is 32.2. The van der Waals surface area contributed by atoms with E-state index in [1.165, 1.54) is 12.1 Å². The molecule has 1 unspecified atom stereocenters. The van der Waals surface area contributed by atoms with Gasteiger partial charge in [0, 0.05) is 5.69 Å². The number of benzene rings is 3. The van der Waals surface area contributed by atoms with Crippen LogP contribution >= 0.6 is 0 Å². The van der Waals surface area contributed by atoms with Crippen molar-refractivity contribution in [3.05, 3.63) is 90.5 Å². The lowest BCUT2D eigenvalue weighted by molar-refractivity contribution is -0.117. The Bertz CT molecular complexity index is 1050. The van der Waals surface area contributed by atoms with Crippen molar-refractivity contribution in [3.63, 3.8) is 0 Å². The minimum absolute atomic E-state index is 0.0662. The molecular weight excluding hydrogens is 400 g/mol. The molecule has 1 atom stereocenters. The molecular formula is C23H24N2O4S. The van der Waals surface area contributed by atoms with Crippen LogP contribution in [0.1, 0.15) is 12.5 Å². The van der Waals surface area contributed by atoms with Crippen molar-refractivity contribution >= 4 is 21.6 Å². The third-order valence-electron chi connectivity index (χ3n) is 4.38. The van der Waals surface area contributed by atoms with Crippen molar-refractivity contribution in [2.45, 2.75) is 24.3 Å². The number of sulfonamides is 1. The summed E-state index contributed by atoms with van der Waals surface area (Å²) in [4.78, 5) is 13.0. The zero-order valence-electron chi connectivity index (χ0n) is 16.6. The number of para-hydroxylation sites is 1. The molecule has 7 heteroatoms. The van der Waals surface area contributed by atoms with E-state index in [-0.39, 0.29) is 11.3 Å². The average Bonchev–Trinajstić information content (AvgIpc) is 2.75. The van der Waals surface area contributed by atoms with Gasteiger partial charge in [-0.15, -0.1) is 0 Å². The molecule has 0 saturated heterocycles. The Morgan fingerprint density at radius 2 is 1.50 bits per heavy atom. The van der Waals surface area contributed by atoms with Gasteiger partial charge in [0.05, 0.1) is 11.5 Å². The van der Waals surface area contributed by atoms with E-state index in [2.05, 4.69) is 10.0 Å². The first-order valence-electron chi connectivity index (χ1n) is 9.63. The molecule has 3 rings (SSSR count). The molecule has 0 fully saturated rings. The Morgan fingerprint density at radius 1 is 0.900 bits per heavy atom. The van der Waals surface area contributed by atoms with Gasteiger partial charge in [0.2, 0.25) is 15.9 Å². The number of anilines is 1. The van der Waals surface area contributed by atoms with Crippen molar-refractivity contribution in [1.29, 1.82) is 0 Å². The maximum absolute atomic E-state index is 12.9. The topological polar surface area (TPSA) is 84.5 Å². The van der Waals surface area contributed by atoms with Gasteiger partial charge in [0.1, 0.15) is 11.8 Å². The van der Waals surface area contributed by atoms with Crippen molar-refractivity contribution in [3.8, 4) is 5.75 Å². The van der Waals surface area contributed by atoms with Crippen LogP contribution < -0.4 is 14.8 Å². The third-order valence-corrected chi connectivity index (χ3v) is 5.87. The zero-order valence-corrected chi connectivity index (χ0v) is 17.4. The number of hydrogen-bond acceptors (Lipinski definition) is 4. The predicted molar refractivity (Wildman–Crippen MR) is 117 cm³/mol. The van der Waals surface area contributed by atoms with Gasteiger partial charge in [-0.05, 0) is 55.3 Å². The first kappa shape index (κ1) is 21.5. The largest absolute Gasteiger partial charge is 0.494 e. The van der Waals surface area contributed by atoms with E-state index < -0.39 is 22.0 Å². The predicted octanol–water partition coefficient (Wildman–Crippen LogP) is 3.61. The van der Waals surface area contributed by atoms with E-state index >= 15 is 0 Å². The molecule has 0 saturated carbocycles. The monoisotopic (exact) mass is 424 g/mol. The van der Waals surface area contributed by atoms with E-state index in [4.69, 9.17) is 4.74 Å². The van der Waals surface area contributed by atoms with Crippen LogP contribution in [0.3, 0.4) is 0 Å². The van der Waals surface area contributed by atoms with Gasteiger partial charge in [-0.3, -0.25) is 4.79 Å². The molecule has 156 valence electrons. The molecule has 0 aliphatic carbocycles. The van der Waals surface area contributed by atoms with E-state index in [0.29, 0.717) is 18.0 Å². The van der Waals surface area contributed by atoms with Gasteiger partial charge in [0.15, 0.2) is 0 Å². The zero-order chi connectivity index (χ0) is 21.4. The number of carbonyl (C=O) groups is 1. The molecule has 0 bridgehead atoms. The fraction of sp³-hybridized carbons (Fsp3) is 0.174. The van der Waals surface area contributed by atoms with Crippen LogP contribution in [0.25, 0.3) is 0 Å². The fourth-order valence-corrected chi connectivity index (χ4v) is 4.12. The Labute approximate surface area is 177 Å². The molecule has 3 aromatic carbocycles. The van der Waals surface area contributed by atoms with Crippen LogP contribution in [-0.4, -0.2) is 27.0 Å². The highest BCUT2D eigenvalue weighted by molar-refractivity contribution is 7.89. The van der Waals surface area contributed by atoms with E-state index in [9.17, 15) is 13.2 Å². The molecule has 0 aliphatic heterocycles. The maximum atomic E-state index is 12.9. The van der Waals surface area contributed by atoms with Crippen LogP contribution in [0.5, 0.6) is 5.75 Å². The van der Waals surface area contributed by atoms with Gasteiger partial charge in [0.25, 0.3) is 0 Å². The quantitative estimate of drug-likeness (QED) is 0.550. The average molecular weight is 425 g/mol. The summed E-state index contributed by atoms with van der Waals surface area (Å²) < 4.78 is 33.8. The Kier molecular flexibility index (Phi) is 7.21. The van der Waals surface area contributed by atoms with E-state index in [1.807, 2.05) is 43.3 Å². The maximum Gasteiger partial charge on any atom is 0.242 e. The lowest BCUT2D eigenvalue weighted by Gasteiger charge is -2.19. The van der Waals surface area contributed by atoms with Gasteiger partial charge in [-0.1, -0.05) is 48.5 Å². The van der Waals surface area contributed by atoms with Crippen LogP contribution in [0.4, 0.5) is 5.69 Å². The van der Waals surface area contributed by atoms with Gasteiger partial charge in [-0.25, -0.2) is 8.42 Å². The second-order valence-electron chi connectivity index (χ2n) is 6.62. The SMILES string of the molecule is CCOc1ccc(S(=O)(=O)NC(Cc2ccccc2)C(=O)Nc2ccccc2)cc1. The molecule has 30 heavy (non-hydrogen) atoms. The molecule has 2 N–H and O–H groups in total. The van der Waals surface area contributed by atoms with Crippen molar-refractivity contribution in [2.24, 2.45) is 0 Å². The fourth-order valence-electron chi connectivity index (χ4n) is 2.93.